The monoisotopic (exact) mass is 312 g/mol. The number of nitrogens with zero attached hydrogens (tertiary/aromatic N) is 1. The van der Waals surface area contributed by atoms with Crippen molar-refractivity contribution >= 4 is 28.6 Å². The Hall–Kier alpha value is -2.27. The maximum absolute atomic E-state index is 12.0. The number of thioether (sulfide) groups is 1. The molecule has 3 rings (SSSR count). The quantitative estimate of drug-likeness (QED) is 0.728. The van der Waals surface area contributed by atoms with E-state index >= 15 is 0 Å². The highest BCUT2D eigenvalue weighted by Gasteiger charge is 2.12. The minimum Gasteiger partial charge on any atom is -0.467 e. The third-order valence-electron chi connectivity index (χ3n) is 3.27. The minimum absolute atomic E-state index is 0.0381. The summed E-state index contributed by atoms with van der Waals surface area (Å²) >= 11 is 1.43. The summed E-state index contributed by atoms with van der Waals surface area (Å²) in [5.74, 6) is 1.04. The number of amides is 1. The number of rotatable bonds is 5. The Labute approximate surface area is 132 Å². The van der Waals surface area contributed by atoms with Gasteiger partial charge in [-0.3, -0.25) is 4.79 Å². The summed E-state index contributed by atoms with van der Waals surface area (Å²) in [7, 11) is 0. The zero-order valence-corrected chi connectivity index (χ0v) is 13.0. The van der Waals surface area contributed by atoms with Gasteiger partial charge in [-0.25, -0.2) is 4.98 Å². The first kappa shape index (κ1) is 14.7. The van der Waals surface area contributed by atoms with Gasteiger partial charge in [0, 0.05) is 5.39 Å². The Balaban J connectivity index is 1.57. The molecule has 112 valence electrons. The van der Waals surface area contributed by atoms with Crippen LogP contribution in [0, 0.1) is 0 Å². The topological polar surface area (TPSA) is 55.1 Å². The van der Waals surface area contributed by atoms with E-state index in [1.807, 2.05) is 55.5 Å². The molecular weight excluding hydrogens is 296 g/mol. The predicted octanol–water partition coefficient (Wildman–Crippen LogP) is 3.80. The van der Waals surface area contributed by atoms with Crippen LogP contribution in [0.25, 0.3) is 10.9 Å². The molecule has 3 aromatic rings. The molecule has 22 heavy (non-hydrogen) atoms. The predicted molar refractivity (Wildman–Crippen MR) is 87.7 cm³/mol. The van der Waals surface area contributed by atoms with E-state index in [2.05, 4.69) is 10.3 Å². The van der Waals surface area contributed by atoms with Gasteiger partial charge >= 0.3 is 0 Å². The van der Waals surface area contributed by atoms with Gasteiger partial charge in [0.15, 0.2) is 0 Å². The molecule has 1 atom stereocenters. The smallest absolute Gasteiger partial charge is 0.230 e. The lowest BCUT2D eigenvalue weighted by molar-refractivity contribution is -0.119. The van der Waals surface area contributed by atoms with Crippen molar-refractivity contribution in [2.24, 2.45) is 0 Å². The van der Waals surface area contributed by atoms with E-state index in [-0.39, 0.29) is 11.9 Å². The van der Waals surface area contributed by atoms with E-state index in [1.54, 1.807) is 6.26 Å². The normalized spacial score (nSPS) is 12.2. The summed E-state index contributed by atoms with van der Waals surface area (Å²) in [5.41, 5.74) is 0.942. The standard InChI is InChI=1S/C17H16N2O2S/c1-12(15-7-4-10-21-15)18-16(20)11-22-17-9-8-13-5-2-3-6-14(13)19-17/h2-10,12H,11H2,1H3,(H,18,20). The van der Waals surface area contributed by atoms with Gasteiger partial charge in [-0.15, -0.1) is 0 Å². The van der Waals surface area contributed by atoms with E-state index < -0.39 is 0 Å². The van der Waals surface area contributed by atoms with Gasteiger partial charge in [0.1, 0.15) is 5.76 Å². The summed E-state index contributed by atoms with van der Waals surface area (Å²) in [6.45, 7) is 1.90. The molecule has 5 heteroatoms. The van der Waals surface area contributed by atoms with Gasteiger partial charge in [0.2, 0.25) is 5.91 Å². The summed E-state index contributed by atoms with van der Waals surface area (Å²) in [5, 5.41) is 4.85. The van der Waals surface area contributed by atoms with Gasteiger partial charge < -0.3 is 9.73 Å². The Morgan fingerprint density at radius 1 is 1.23 bits per heavy atom. The van der Waals surface area contributed by atoms with Crippen LogP contribution < -0.4 is 5.32 Å². The highest BCUT2D eigenvalue weighted by molar-refractivity contribution is 7.99. The Morgan fingerprint density at radius 2 is 2.09 bits per heavy atom. The number of carbonyl (C=O) groups excluding carboxylic acids is 1. The van der Waals surface area contributed by atoms with Crippen LogP contribution in [-0.4, -0.2) is 16.6 Å². The van der Waals surface area contributed by atoms with Crippen molar-refractivity contribution in [2.75, 3.05) is 5.75 Å². The second-order valence-corrected chi connectivity index (χ2v) is 5.93. The number of carbonyl (C=O) groups is 1. The molecule has 0 saturated heterocycles. The maximum atomic E-state index is 12.0. The molecule has 4 nitrogen and oxygen atoms in total. The molecule has 2 heterocycles. The molecule has 1 amide bonds. The third-order valence-corrected chi connectivity index (χ3v) is 4.20. The van der Waals surface area contributed by atoms with Crippen LogP contribution in [0.5, 0.6) is 0 Å². The first-order valence-corrected chi connectivity index (χ1v) is 8.02. The van der Waals surface area contributed by atoms with Crippen molar-refractivity contribution in [1.29, 1.82) is 0 Å². The fourth-order valence-corrected chi connectivity index (χ4v) is 2.85. The van der Waals surface area contributed by atoms with Crippen LogP contribution >= 0.6 is 11.8 Å². The summed E-state index contributed by atoms with van der Waals surface area (Å²) in [4.78, 5) is 16.5. The summed E-state index contributed by atoms with van der Waals surface area (Å²) in [6.07, 6.45) is 1.60. The number of para-hydroxylation sites is 1. The lowest BCUT2D eigenvalue weighted by atomic mass is 10.2. The largest absolute Gasteiger partial charge is 0.467 e. The number of aromatic nitrogens is 1. The van der Waals surface area contributed by atoms with Gasteiger partial charge in [-0.05, 0) is 31.2 Å². The van der Waals surface area contributed by atoms with Crippen molar-refractivity contribution in [3.8, 4) is 0 Å². The first-order valence-electron chi connectivity index (χ1n) is 7.04. The fraction of sp³-hybridized carbons (Fsp3) is 0.176. The summed E-state index contributed by atoms with van der Waals surface area (Å²) in [6, 6.07) is 15.4. The van der Waals surface area contributed by atoms with E-state index in [1.165, 1.54) is 11.8 Å². The third kappa shape index (κ3) is 3.49. The lowest BCUT2D eigenvalue weighted by Gasteiger charge is -2.11. The van der Waals surface area contributed by atoms with Gasteiger partial charge in [-0.2, -0.15) is 0 Å². The van der Waals surface area contributed by atoms with Crippen LogP contribution in [0.15, 0.2) is 64.2 Å². The highest BCUT2D eigenvalue weighted by Crippen LogP contribution is 2.20. The van der Waals surface area contributed by atoms with Crippen LogP contribution in [0.2, 0.25) is 0 Å². The molecule has 0 bridgehead atoms. The molecule has 0 saturated carbocycles. The molecule has 0 aliphatic rings. The molecule has 0 aliphatic heterocycles. The Kier molecular flexibility index (Phi) is 4.44. The van der Waals surface area contributed by atoms with Gasteiger partial charge in [-0.1, -0.05) is 36.0 Å². The molecule has 0 spiro atoms. The van der Waals surface area contributed by atoms with Crippen LogP contribution in [0.4, 0.5) is 0 Å². The molecule has 2 aromatic heterocycles. The molecule has 1 unspecified atom stereocenters. The molecule has 1 N–H and O–H groups in total. The fourth-order valence-electron chi connectivity index (χ4n) is 2.16. The molecule has 0 radical (unpaired) electrons. The van der Waals surface area contributed by atoms with E-state index in [4.69, 9.17) is 4.42 Å². The molecular formula is C17H16N2O2S. The van der Waals surface area contributed by atoms with Crippen molar-refractivity contribution in [3.63, 3.8) is 0 Å². The lowest BCUT2D eigenvalue weighted by Crippen LogP contribution is -2.27. The number of nitrogens with one attached hydrogen (secondary N) is 1. The second kappa shape index (κ2) is 6.66. The minimum atomic E-state index is -0.132. The number of pyridine rings is 1. The average Bonchev–Trinajstić information content (AvgIpc) is 3.07. The van der Waals surface area contributed by atoms with E-state index in [9.17, 15) is 4.79 Å². The molecule has 0 aliphatic carbocycles. The van der Waals surface area contributed by atoms with Crippen molar-refractivity contribution in [3.05, 3.63) is 60.6 Å². The number of hydrogen-bond donors (Lipinski definition) is 1. The van der Waals surface area contributed by atoms with Crippen molar-refractivity contribution < 1.29 is 9.21 Å². The first-order chi connectivity index (χ1) is 10.7. The number of fused-ring (bicyclic) bond motifs is 1. The summed E-state index contributed by atoms with van der Waals surface area (Å²) < 4.78 is 5.27. The van der Waals surface area contributed by atoms with Crippen LogP contribution in [0.3, 0.4) is 0 Å². The van der Waals surface area contributed by atoms with E-state index in [0.717, 1.165) is 21.7 Å². The molecule has 0 fully saturated rings. The van der Waals surface area contributed by atoms with Gasteiger partial charge in [0.25, 0.3) is 0 Å². The second-order valence-electron chi connectivity index (χ2n) is 4.94. The number of benzene rings is 1. The zero-order valence-electron chi connectivity index (χ0n) is 12.2. The maximum Gasteiger partial charge on any atom is 0.230 e. The Morgan fingerprint density at radius 3 is 2.91 bits per heavy atom. The average molecular weight is 312 g/mol. The Bertz CT molecular complexity index is 771. The zero-order chi connectivity index (χ0) is 15.4. The van der Waals surface area contributed by atoms with Gasteiger partial charge in [0.05, 0.1) is 28.6 Å². The SMILES string of the molecule is CC(NC(=O)CSc1ccc2ccccc2n1)c1ccco1. The van der Waals surface area contributed by atoms with E-state index in [0.29, 0.717) is 5.75 Å². The number of hydrogen-bond acceptors (Lipinski definition) is 4. The van der Waals surface area contributed by atoms with Crippen molar-refractivity contribution in [2.45, 2.75) is 18.0 Å². The van der Waals surface area contributed by atoms with Crippen LogP contribution in [0.1, 0.15) is 18.7 Å². The molecule has 1 aromatic carbocycles. The van der Waals surface area contributed by atoms with Crippen molar-refractivity contribution in [1.82, 2.24) is 10.3 Å². The number of furan rings is 1. The highest BCUT2D eigenvalue weighted by atomic mass is 32.2. The van der Waals surface area contributed by atoms with Crippen LogP contribution in [-0.2, 0) is 4.79 Å².